The third-order valence-corrected chi connectivity index (χ3v) is 15.0. The van der Waals surface area contributed by atoms with Crippen LogP contribution in [-0.4, -0.2) is 37.2 Å². The minimum atomic E-state index is -0.782. The first-order valence-corrected chi connectivity index (χ1v) is 33.6. The highest BCUT2D eigenvalue weighted by Crippen LogP contribution is 2.18. The van der Waals surface area contributed by atoms with E-state index in [-0.39, 0.29) is 31.1 Å². The molecule has 0 radical (unpaired) electrons. The molecule has 0 aliphatic rings. The quantitative estimate of drug-likeness (QED) is 0.0261. The minimum absolute atomic E-state index is 0.0780. The van der Waals surface area contributed by atoms with Gasteiger partial charge in [-0.1, -0.05) is 313 Å². The minimum Gasteiger partial charge on any atom is -0.462 e. The van der Waals surface area contributed by atoms with Crippen LogP contribution in [-0.2, 0) is 28.6 Å². The van der Waals surface area contributed by atoms with Gasteiger partial charge in [0.1, 0.15) is 13.2 Å². The van der Waals surface area contributed by atoms with Crippen LogP contribution in [0.25, 0.3) is 0 Å². The molecule has 76 heavy (non-hydrogen) atoms. The number of unbranched alkanes of at least 4 members (excludes halogenated alkanes) is 43. The molecule has 0 N–H and O–H groups in total. The molecule has 0 aromatic heterocycles. The lowest BCUT2D eigenvalue weighted by Gasteiger charge is -2.18. The average molecular weight is 1070 g/mol. The summed E-state index contributed by atoms with van der Waals surface area (Å²) in [5.74, 6) is -0.883. The second-order valence-electron chi connectivity index (χ2n) is 22.7. The van der Waals surface area contributed by atoms with Crippen molar-refractivity contribution in [1.29, 1.82) is 0 Å². The zero-order chi connectivity index (χ0) is 55.0. The molecule has 444 valence electrons. The van der Waals surface area contributed by atoms with Gasteiger partial charge >= 0.3 is 17.9 Å². The maximum atomic E-state index is 12.9. The van der Waals surface area contributed by atoms with Gasteiger partial charge in [0, 0.05) is 19.3 Å². The van der Waals surface area contributed by atoms with Crippen LogP contribution in [0, 0.1) is 0 Å². The molecule has 0 aromatic rings. The molecule has 1 atom stereocenters. The van der Waals surface area contributed by atoms with Crippen molar-refractivity contribution in [2.75, 3.05) is 13.2 Å². The fourth-order valence-electron chi connectivity index (χ4n) is 9.99. The number of hydrogen-bond acceptors (Lipinski definition) is 6. The molecule has 0 amide bonds. The van der Waals surface area contributed by atoms with E-state index in [0.29, 0.717) is 19.3 Å². The highest BCUT2D eigenvalue weighted by molar-refractivity contribution is 5.71. The van der Waals surface area contributed by atoms with Crippen molar-refractivity contribution >= 4 is 17.9 Å². The number of ether oxygens (including phenoxy) is 3. The van der Waals surface area contributed by atoms with Crippen molar-refractivity contribution in [2.45, 2.75) is 367 Å². The van der Waals surface area contributed by atoms with E-state index in [1.807, 2.05) is 0 Å². The summed E-state index contributed by atoms with van der Waals surface area (Å²) in [5.41, 5.74) is 0. The highest BCUT2D eigenvalue weighted by atomic mass is 16.6. The largest absolute Gasteiger partial charge is 0.462 e. The van der Waals surface area contributed by atoms with Gasteiger partial charge in [-0.3, -0.25) is 14.4 Å². The number of allylic oxidation sites excluding steroid dienone is 8. The van der Waals surface area contributed by atoms with Gasteiger partial charge in [-0.2, -0.15) is 0 Å². The Morgan fingerprint density at radius 2 is 0.500 bits per heavy atom. The number of carbonyl (C=O) groups excluding carboxylic acids is 3. The molecule has 0 spiro atoms. The van der Waals surface area contributed by atoms with Crippen molar-refractivity contribution in [1.82, 2.24) is 0 Å². The van der Waals surface area contributed by atoms with Crippen LogP contribution in [0.5, 0.6) is 0 Å². The first kappa shape index (κ1) is 73.4. The second-order valence-corrected chi connectivity index (χ2v) is 22.7. The third-order valence-electron chi connectivity index (χ3n) is 15.0. The molecule has 6 heteroatoms. The molecule has 6 nitrogen and oxygen atoms in total. The van der Waals surface area contributed by atoms with E-state index in [9.17, 15) is 14.4 Å². The molecule has 0 saturated carbocycles. The summed E-state index contributed by atoms with van der Waals surface area (Å²) in [4.78, 5) is 38.2. The number of hydrogen-bond donors (Lipinski definition) is 0. The summed E-state index contributed by atoms with van der Waals surface area (Å²) in [5, 5.41) is 0. The maximum Gasteiger partial charge on any atom is 0.306 e. The molecule has 0 fully saturated rings. The fourth-order valence-corrected chi connectivity index (χ4v) is 9.99. The predicted octanol–water partition coefficient (Wildman–Crippen LogP) is 22.9. The smallest absolute Gasteiger partial charge is 0.306 e. The van der Waals surface area contributed by atoms with Gasteiger partial charge in [0.05, 0.1) is 0 Å². The van der Waals surface area contributed by atoms with E-state index in [1.165, 1.54) is 225 Å². The standard InChI is InChI=1S/C70H128O6/c1-4-7-10-13-16-19-22-24-26-28-30-31-32-33-34-35-36-37-38-39-41-42-44-46-48-51-54-57-60-63-69(72)75-66-67(65-74-68(71)62-59-56-53-50-21-18-15-12-9-6-3)76-70(73)64-61-58-55-52-49-47-45-43-40-29-27-25-23-20-17-14-11-8-5-2/h12,15,17,20,25,27,40,43,67H,4-11,13-14,16,18-19,21-24,26,28-39,41-42,44-66H2,1-3H3/b15-12-,20-17-,27-25-,43-40-. The molecule has 0 aromatic carbocycles. The van der Waals surface area contributed by atoms with Crippen molar-refractivity contribution in [3.8, 4) is 0 Å². The van der Waals surface area contributed by atoms with Gasteiger partial charge in [-0.05, 0) is 77.0 Å². The van der Waals surface area contributed by atoms with Crippen LogP contribution < -0.4 is 0 Å². The van der Waals surface area contributed by atoms with Crippen LogP contribution in [0.15, 0.2) is 48.6 Å². The zero-order valence-electron chi connectivity index (χ0n) is 51.0. The molecular weight excluding hydrogens is 937 g/mol. The summed E-state index contributed by atoms with van der Waals surface area (Å²) in [6.07, 6.45) is 81.5. The number of rotatable bonds is 62. The predicted molar refractivity (Wildman–Crippen MR) is 330 cm³/mol. The topological polar surface area (TPSA) is 78.9 Å². The molecule has 0 rings (SSSR count). The molecule has 1 unspecified atom stereocenters. The fraction of sp³-hybridized carbons (Fsp3) is 0.843. The van der Waals surface area contributed by atoms with E-state index in [2.05, 4.69) is 69.4 Å². The van der Waals surface area contributed by atoms with Gasteiger partial charge in [0.15, 0.2) is 6.10 Å². The Balaban J connectivity index is 4.14. The summed E-state index contributed by atoms with van der Waals surface area (Å²) < 4.78 is 16.9. The van der Waals surface area contributed by atoms with E-state index < -0.39 is 6.10 Å². The Kier molecular flexibility index (Phi) is 62.6. The second kappa shape index (κ2) is 64.9. The van der Waals surface area contributed by atoms with E-state index in [1.54, 1.807) is 0 Å². The SMILES string of the molecule is CCC/C=C\CCCCCCCC(=O)OCC(COC(=O)CCCCCCCCCCCCCCCCCCCCCCCCCCCCCCC)OC(=O)CCCCCCCC/C=C\C/C=C\C/C=C\CCCCC. The van der Waals surface area contributed by atoms with Gasteiger partial charge in [-0.25, -0.2) is 0 Å². The first-order chi connectivity index (χ1) is 37.5. The lowest BCUT2D eigenvalue weighted by Crippen LogP contribution is -2.30. The Hall–Kier alpha value is -2.63. The molecule has 0 heterocycles. The van der Waals surface area contributed by atoms with Crippen LogP contribution >= 0.6 is 0 Å². The maximum absolute atomic E-state index is 12.9. The van der Waals surface area contributed by atoms with E-state index >= 15 is 0 Å². The molecule has 0 saturated heterocycles. The van der Waals surface area contributed by atoms with Crippen LogP contribution in [0.4, 0.5) is 0 Å². The molecular formula is C70H128O6. The van der Waals surface area contributed by atoms with Gasteiger partial charge in [-0.15, -0.1) is 0 Å². The zero-order valence-corrected chi connectivity index (χ0v) is 51.0. The lowest BCUT2D eigenvalue weighted by molar-refractivity contribution is -0.167. The normalized spacial score (nSPS) is 12.3. The Morgan fingerprint density at radius 1 is 0.263 bits per heavy atom. The highest BCUT2D eigenvalue weighted by Gasteiger charge is 2.19. The Bertz CT molecular complexity index is 1310. The van der Waals surface area contributed by atoms with Crippen LogP contribution in [0.2, 0.25) is 0 Å². The van der Waals surface area contributed by atoms with Gasteiger partial charge < -0.3 is 14.2 Å². The van der Waals surface area contributed by atoms with Crippen LogP contribution in [0.1, 0.15) is 361 Å². The number of carbonyl (C=O) groups is 3. The lowest BCUT2D eigenvalue weighted by atomic mass is 10.0. The van der Waals surface area contributed by atoms with Crippen molar-refractivity contribution in [3.63, 3.8) is 0 Å². The first-order valence-electron chi connectivity index (χ1n) is 33.6. The average Bonchev–Trinajstić information content (AvgIpc) is 3.42. The summed E-state index contributed by atoms with van der Waals surface area (Å²) in [6, 6.07) is 0. The van der Waals surface area contributed by atoms with Gasteiger partial charge in [0.25, 0.3) is 0 Å². The van der Waals surface area contributed by atoms with Crippen molar-refractivity contribution in [2.24, 2.45) is 0 Å². The molecule has 0 aliphatic carbocycles. The van der Waals surface area contributed by atoms with Crippen molar-refractivity contribution in [3.05, 3.63) is 48.6 Å². The third kappa shape index (κ3) is 62.2. The monoisotopic (exact) mass is 1060 g/mol. The summed E-state index contributed by atoms with van der Waals surface area (Å²) >= 11 is 0. The summed E-state index contributed by atoms with van der Waals surface area (Å²) in [6.45, 7) is 6.59. The number of esters is 3. The Morgan fingerprint density at radius 3 is 0.829 bits per heavy atom. The molecule has 0 aliphatic heterocycles. The van der Waals surface area contributed by atoms with Crippen molar-refractivity contribution < 1.29 is 28.6 Å². The Labute approximate surface area is 473 Å². The summed E-state index contributed by atoms with van der Waals surface area (Å²) in [7, 11) is 0. The molecule has 0 bridgehead atoms. The van der Waals surface area contributed by atoms with Gasteiger partial charge in [0.2, 0.25) is 0 Å². The van der Waals surface area contributed by atoms with Crippen LogP contribution in [0.3, 0.4) is 0 Å². The van der Waals surface area contributed by atoms with E-state index in [0.717, 1.165) is 96.3 Å². The van der Waals surface area contributed by atoms with E-state index in [4.69, 9.17) is 14.2 Å².